The molecule has 16 nitrogen and oxygen atoms in total. The number of nitriles is 2. The predicted molar refractivity (Wildman–Crippen MR) is 238 cm³/mol. The SMILES string of the molecule is CC(C)N(c1nc(Cl)nc(N(c2ccccn2)c2ccccn2)n1)C(C)C.CC(C)N(c1nc(Cl)nc(N(c2ccccn2)c2ccccn2)n1)C(C)C.N#C[Se-].N#C[Se-].[Fe+2]. The topological polar surface area (TPSA) is 189 Å². The van der Waals surface area contributed by atoms with Crippen molar-refractivity contribution < 1.29 is 17.1 Å². The van der Waals surface area contributed by atoms with E-state index >= 15 is 0 Å². The molecule has 21 heteroatoms. The van der Waals surface area contributed by atoms with Gasteiger partial charge in [0.2, 0.25) is 34.4 Å². The summed E-state index contributed by atoms with van der Waals surface area (Å²) in [6.45, 7) is 16.7. The monoisotopic (exact) mass is 1030 g/mol. The average molecular weight is 1030 g/mol. The van der Waals surface area contributed by atoms with Gasteiger partial charge < -0.3 is 9.80 Å². The Morgan fingerprint density at radius 3 is 0.869 bits per heavy atom. The van der Waals surface area contributed by atoms with Crippen LogP contribution in [0, 0.1) is 20.5 Å². The van der Waals surface area contributed by atoms with Crippen molar-refractivity contribution in [3.05, 3.63) is 108 Å². The van der Waals surface area contributed by atoms with Crippen LogP contribution in [0.2, 0.25) is 10.6 Å². The minimum Gasteiger partial charge on any atom is 2.00 e. The van der Waals surface area contributed by atoms with E-state index in [1.807, 2.05) is 72.8 Å². The normalized spacial score (nSPS) is 10.0. The minimum atomic E-state index is 0. The molecule has 0 aliphatic heterocycles. The van der Waals surface area contributed by atoms with E-state index in [-0.39, 0.29) is 51.8 Å². The number of rotatable bonds is 12. The number of aromatic nitrogens is 10. The molecule has 0 aliphatic carbocycles. The maximum atomic E-state index is 7.26. The Bertz CT molecular complexity index is 2000. The van der Waals surface area contributed by atoms with E-state index in [2.05, 4.69) is 137 Å². The summed E-state index contributed by atoms with van der Waals surface area (Å²) in [5.74, 6) is 4.35. The molecule has 0 N–H and O–H groups in total. The van der Waals surface area contributed by atoms with Crippen molar-refractivity contribution in [2.24, 2.45) is 0 Å². The molecule has 61 heavy (non-hydrogen) atoms. The van der Waals surface area contributed by atoms with Crippen molar-refractivity contribution in [1.29, 1.82) is 10.5 Å². The summed E-state index contributed by atoms with van der Waals surface area (Å²) in [6.07, 6.45) is 6.85. The average Bonchev–Trinajstić information content (AvgIpc) is 3.20. The molecule has 0 saturated carbocycles. The molecule has 6 heterocycles. The number of hydrogen-bond acceptors (Lipinski definition) is 16. The van der Waals surface area contributed by atoms with Gasteiger partial charge in [0.15, 0.2) is 0 Å². The molecule has 0 aromatic carbocycles. The second kappa shape index (κ2) is 27.0. The second-order valence-electron chi connectivity index (χ2n) is 13.2. The van der Waals surface area contributed by atoms with E-state index in [0.717, 1.165) is 0 Å². The molecule has 6 rings (SSSR count). The van der Waals surface area contributed by atoms with Crippen molar-refractivity contribution in [3.63, 3.8) is 0 Å². The first-order valence-corrected chi connectivity index (χ1v) is 20.9. The fourth-order valence-corrected chi connectivity index (χ4v) is 6.10. The van der Waals surface area contributed by atoms with Crippen LogP contribution in [0.4, 0.5) is 47.1 Å². The van der Waals surface area contributed by atoms with Gasteiger partial charge in [-0.05, 0) is 127 Å². The fraction of sp³-hybridized carbons (Fsp3) is 0.300. The number of anilines is 8. The van der Waals surface area contributed by atoms with Crippen molar-refractivity contribution in [1.82, 2.24) is 49.8 Å². The Balaban J connectivity index is 0.000000367. The molecule has 0 saturated heterocycles. The molecule has 0 radical (unpaired) electrons. The Kier molecular flexibility index (Phi) is 23.1. The standard InChI is InChI=1S/2C19H22ClN7.2CHNSe.Fe/c2*1-13(2)26(14(3)4)18-23-17(20)24-19(25-18)27(15-9-5-7-11-21-15)16-10-6-8-12-22-16;2*2-1-3;/h2*5-14H,1-4H3;2*3H;/q;;;;+2/p-2. The molecule has 0 spiro atoms. The first-order chi connectivity index (χ1) is 28.8. The third-order valence-corrected chi connectivity index (χ3v) is 8.11. The molecule has 0 fully saturated rings. The van der Waals surface area contributed by atoms with Gasteiger partial charge in [0.05, 0.1) is 0 Å². The molecule has 0 bridgehead atoms. The summed E-state index contributed by atoms with van der Waals surface area (Å²) < 4.78 is 0. The van der Waals surface area contributed by atoms with Crippen LogP contribution in [-0.2, 0) is 17.1 Å². The maximum absolute atomic E-state index is 7.26. The summed E-state index contributed by atoms with van der Waals surface area (Å²) in [4.78, 5) is 55.5. The van der Waals surface area contributed by atoms with E-state index < -0.39 is 0 Å². The number of pyridine rings is 4. The Morgan fingerprint density at radius 1 is 0.443 bits per heavy atom. The molecule has 0 amide bonds. The third-order valence-electron chi connectivity index (χ3n) is 7.77. The summed E-state index contributed by atoms with van der Waals surface area (Å²) in [6, 6.07) is 23.3. The van der Waals surface area contributed by atoms with Crippen LogP contribution in [0.15, 0.2) is 97.6 Å². The largest absolute Gasteiger partial charge is 2.00 e. The van der Waals surface area contributed by atoms with E-state index in [9.17, 15) is 0 Å². The van der Waals surface area contributed by atoms with Gasteiger partial charge in [-0.3, -0.25) is 0 Å². The van der Waals surface area contributed by atoms with Crippen molar-refractivity contribution in [2.75, 3.05) is 19.6 Å². The molecule has 0 unspecified atom stereocenters. The van der Waals surface area contributed by atoms with Crippen LogP contribution in [0.1, 0.15) is 55.4 Å². The minimum absolute atomic E-state index is 0. The number of halogens is 2. The molecule has 0 atom stereocenters. The van der Waals surface area contributed by atoms with Crippen molar-refractivity contribution >= 4 is 102 Å². The number of nitrogens with zero attached hydrogens (tertiary/aromatic N) is 16. The van der Waals surface area contributed by atoms with Crippen LogP contribution < -0.4 is 19.6 Å². The van der Waals surface area contributed by atoms with Crippen LogP contribution in [0.25, 0.3) is 0 Å². The zero-order valence-electron chi connectivity index (χ0n) is 34.6. The molecule has 0 aliphatic rings. The van der Waals surface area contributed by atoms with Gasteiger partial charge in [0.1, 0.15) is 23.3 Å². The summed E-state index contributed by atoms with van der Waals surface area (Å²) >= 11 is 16.8. The van der Waals surface area contributed by atoms with Crippen molar-refractivity contribution in [3.8, 4) is 9.94 Å². The molecule has 318 valence electrons. The smallest absolute Gasteiger partial charge is 2.00 e. The molecule has 6 aromatic rings. The summed E-state index contributed by atoms with van der Waals surface area (Å²) in [5, 5.41) is 14.8. The van der Waals surface area contributed by atoms with Gasteiger partial charge in [0, 0.05) is 49.0 Å². The zero-order valence-corrected chi connectivity index (χ0v) is 40.7. The third kappa shape index (κ3) is 15.7. The van der Waals surface area contributed by atoms with Crippen molar-refractivity contribution in [2.45, 2.75) is 79.6 Å². The van der Waals surface area contributed by atoms with E-state index in [1.165, 1.54) is 0 Å². The van der Waals surface area contributed by atoms with E-state index in [4.69, 9.17) is 43.7 Å². The van der Waals surface area contributed by atoms with Gasteiger partial charge in [-0.15, -0.1) is 0 Å². The van der Waals surface area contributed by atoms with Crippen LogP contribution in [0.3, 0.4) is 0 Å². The maximum Gasteiger partial charge on any atom is 2.00 e. The number of hydrogen-bond donors (Lipinski definition) is 0. The van der Waals surface area contributed by atoms with Gasteiger partial charge in [-0.25, -0.2) is 29.7 Å². The van der Waals surface area contributed by atoms with Crippen LogP contribution in [-0.4, -0.2) is 106 Å². The Morgan fingerprint density at radius 2 is 0.672 bits per heavy atom. The van der Waals surface area contributed by atoms with Crippen LogP contribution >= 0.6 is 23.2 Å². The molecule has 6 aromatic heterocycles. The second-order valence-corrected chi connectivity index (χ2v) is 14.6. The predicted octanol–water partition coefficient (Wildman–Crippen LogP) is 8.09. The van der Waals surface area contributed by atoms with Gasteiger partial charge in [-0.2, -0.15) is 29.9 Å². The van der Waals surface area contributed by atoms with Gasteiger partial charge in [0.25, 0.3) is 0 Å². The molecular formula is C40H44Cl2FeN16Se2. The fourth-order valence-electron chi connectivity index (χ4n) is 5.79. The van der Waals surface area contributed by atoms with E-state index in [0.29, 0.717) is 47.1 Å². The van der Waals surface area contributed by atoms with Gasteiger partial charge in [-0.1, -0.05) is 24.3 Å². The Labute approximate surface area is 394 Å². The first-order valence-electron chi connectivity index (χ1n) is 18.4. The zero-order chi connectivity index (χ0) is 44.2. The summed E-state index contributed by atoms with van der Waals surface area (Å²) in [5.41, 5.74) is 0. The Hall–Kier alpha value is -5.06. The molecular weight excluding hydrogens is 989 g/mol. The van der Waals surface area contributed by atoms with Crippen LogP contribution in [0.5, 0.6) is 0 Å². The van der Waals surface area contributed by atoms with Gasteiger partial charge >= 0.3 is 69.6 Å². The quantitative estimate of drug-likeness (QED) is 0.107. The van der Waals surface area contributed by atoms with E-state index in [1.54, 1.807) is 44.5 Å². The first kappa shape index (κ1) is 52.1. The summed E-state index contributed by atoms with van der Waals surface area (Å²) in [7, 11) is 0.